The number of sulfonamides is 1. The van der Waals surface area contributed by atoms with Crippen LogP contribution in [0.3, 0.4) is 0 Å². The summed E-state index contributed by atoms with van der Waals surface area (Å²) in [7, 11) is -3.78. The molecule has 34 heavy (non-hydrogen) atoms. The van der Waals surface area contributed by atoms with Gasteiger partial charge in [-0.1, -0.05) is 0 Å². The summed E-state index contributed by atoms with van der Waals surface area (Å²) in [5, 5.41) is 2.93. The number of carbonyl (C=O) groups excluding carboxylic acids is 1. The Morgan fingerprint density at radius 3 is 2.53 bits per heavy atom. The van der Waals surface area contributed by atoms with Crippen LogP contribution in [0.5, 0.6) is 0 Å². The highest BCUT2D eigenvalue weighted by atomic mass is 32.2. The number of hydrogen-bond acceptors (Lipinski definition) is 4. The topological polar surface area (TPSA) is 84.3 Å². The minimum absolute atomic E-state index is 0.0340. The number of hydrogen-bond donors (Lipinski definition) is 1. The molecule has 1 aromatic heterocycles. The van der Waals surface area contributed by atoms with Crippen molar-refractivity contribution in [2.45, 2.75) is 43.5 Å². The third-order valence-corrected chi connectivity index (χ3v) is 8.50. The molecule has 0 aliphatic carbocycles. The number of aryl methyl sites for hydroxylation is 1. The van der Waals surface area contributed by atoms with Gasteiger partial charge in [0.2, 0.25) is 15.9 Å². The minimum atomic E-state index is -3.78. The summed E-state index contributed by atoms with van der Waals surface area (Å²) in [5.74, 6) is -0.206. The first-order valence-electron chi connectivity index (χ1n) is 11.6. The third kappa shape index (κ3) is 4.50. The Balaban J connectivity index is 1.25. The zero-order chi connectivity index (χ0) is 23.7. The van der Waals surface area contributed by atoms with E-state index in [2.05, 4.69) is 14.9 Å². The van der Waals surface area contributed by atoms with Crippen molar-refractivity contribution in [1.82, 2.24) is 13.9 Å². The number of amides is 1. The van der Waals surface area contributed by atoms with E-state index in [4.69, 9.17) is 0 Å². The lowest BCUT2D eigenvalue weighted by Gasteiger charge is -2.31. The maximum absolute atomic E-state index is 13.2. The lowest BCUT2D eigenvalue weighted by molar-refractivity contribution is -0.120. The number of aromatic nitrogens is 2. The van der Waals surface area contributed by atoms with E-state index in [9.17, 15) is 17.6 Å². The first kappa shape index (κ1) is 22.7. The monoisotopic (exact) mass is 482 g/mol. The largest absolute Gasteiger partial charge is 0.328 e. The lowest BCUT2D eigenvalue weighted by atomic mass is 9.98. The van der Waals surface area contributed by atoms with E-state index < -0.39 is 21.8 Å². The number of nitrogens with zero attached hydrogens (tertiary/aromatic N) is 3. The van der Waals surface area contributed by atoms with Crippen LogP contribution in [0, 0.1) is 11.7 Å². The molecule has 9 heteroatoms. The molecular weight excluding hydrogens is 455 g/mol. The predicted octanol–water partition coefficient (Wildman–Crippen LogP) is 4.06. The van der Waals surface area contributed by atoms with Crippen LogP contribution in [0.25, 0.3) is 11.4 Å². The highest BCUT2D eigenvalue weighted by molar-refractivity contribution is 7.89. The van der Waals surface area contributed by atoms with Crippen LogP contribution in [0.1, 0.15) is 31.4 Å². The van der Waals surface area contributed by atoms with Crippen LogP contribution in [0.15, 0.2) is 59.6 Å². The van der Waals surface area contributed by atoms with Gasteiger partial charge in [0, 0.05) is 42.8 Å². The maximum atomic E-state index is 13.2. The SMILES string of the molecule is O=C(Nc1ccc(-c2ncc3n2CCCC3)cc1)C1CCCN(S(=O)(=O)c2ccc(F)cc2)C1. The first-order valence-corrected chi connectivity index (χ1v) is 13.1. The predicted molar refractivity (Wildman–Crippen MR) is 127 cm³/mol. The van der Waals surface area contributed by atoms with E-state index >= 15 is 0 Å². The molecule has 1 fully saturated rings. The van der Waals surface area contributed by atoms with Crippen LogP contribution < -0.4 is 5.32 Å². The van der Waals surface area contributed by atoms with Crippen LogP contribution in [0.2, 0.25) is 0 Å². The highest BCUT2D eigenvalue weighted by Crippen LogP contribution is 2.27. The molecule has 2 aliphatic rings. The van der Waals surface area contributed by atoms with Gasteiger partial charge in [0.15, 0.2) is 0 Å². The molecule has 0 spiro atoms. The van der Waals surface area contributed by atoms with Crippen LogP contribution in [-0.4, -0.2) is 41.3 Å². The van der Waals surface area contributed by atoms with E-state index in [0.717, 1.165) is 42.9 Å². The van der Waals surface area contributed by atoms with Crippen molar-refractivity contribution in [1.29, 1.82) is 0 Å². The van der Waals surface area contributed by atoms with Gasteiger partial charge in [0.05, 0.1) is 10.8 Å². The summed E-state index contributed by atoms with van der Waals surface area (Å²) in [4.78, 5) is 17.5. The number of halogens is 1. The summed E-state index contributed by atoms with van der Waals surface area (Å²) >= 11 is 0. The average Bonchev–Trinajstić information content (AvgIpc) is 3.29. The van der Waals surface area contributed by atoms with Crippen molar-refractivity contribution in [2.24, 2.45) is 5.92 Å². The molecule has 7 nitrogen and oxygen atoms in total. The standard InChI is InChI=1S/C25H27FN4O3S/c26-20-8-12-23(13-9-20)34(32,33)29-14-3-4-19(17-29)25(31)28-21-10-6-18(7-11-21)24-27-16-22-5-1-2-15-30(22)24/h6-13,16,19H,1-5,14-15,17H2,(H,28,31). The summed E-state index contributed by atoms with van der Waals surface area (Å²) in [6.07, 6.45) is 6.54. The van der Waals surface area contributed by atoms with E-state index in [1.54, 1.807) is 0 Å². The van der Waals surface area contributed by atoms with Crippen molar-refractivity contribution in [3.8, 4) is 11.4 Å². The molecule has 1 unspecified atom stereocenters. The summed E-state index contributed by atoms with van der Waals surface area (Å²) in [6, 6.07) is 12.4. The summed E-state index contributed by atoms with van der Waals surface area (Å²) in [5.41, 5.74) is 2.93. The molecule has 1 amide bonds. The van der Waals surface area contributed by atoms with E-state index in [-0.39, 0.29) is 17.3 Å². The summed E-state index contributed by atoms with van der Waals surface area (Å²) < 4.78 is 42.7. The number of nitrogens with one attached hydrogen (secondary N) is 1. The number of anilines is 1. The van der Waals surface area contributed by atoms with Gasteiger partial charge < -0.3 is 9.88 Å². The molecule has 178 valence electrons. The van der Waals surface area contributed by atoms with Gasteiger partial charge in [-0.25, -0.2) is 17.8 Å². The third-order valence-electron chi connectivity index (χ3n) is 6.62. The number of rotatable bonds is 5. The summed E-state index contributed by atoms with van der Waals surface area (Å²) in [6.45, 7) is 1.42. The van der Waals surface area contributed by atoms with Crippen molar-refractivity contribution in [3.63, 3.8) is 0 Å². The Hall–Kier alpha value is -3.04. The number of piperidine rings is 1. The van der Waals surface area contributed by atoms with E-state index in [1.165, 1.54) is 28.6 Å². The Morgan fingerprint density at radius 2 is 1.76 bits per heavy atom. The fourth-order valence-corrected chi connectivity index (χ4v) is 6.27. The number of carbonyl (C=O) groups is 1. The molecule has 2 aromatic carbocycles. The Kier molecular flexibility index (Phi) is 6.22. The Bertz CT molecular complexity index is 1290. The zero-order valence-corrected chi connectivity index (χ0v) is 19.6. The van der Waals surface area contributed by atoms with Gasteiger partial charge in [-0.15, -0.1) is 0 Å². The first-order chi connectivity index (χ1) is 16.4. The molecule has 1 saturated heterocycles. The van der Waals surface area contributed by atoms with Crippen molar-refractivity contribution in [3.05, 3.63) is 66.2 Å². The number of imidazole rings is 1. The molecule has 3 aromatic rings. The lowest BCUT2D eigenvalue weighted by Crippen LogP contribution is -2.43. The fraction of sp³-hybridized carbons (Fsp3) is 0.360. The van der Waals surface area contributed by atoms with Crippen molar-refractivity contribution >= 4 is 21.6 Å². The van der Waals surface area contributed by atoms with Crippen LogP contribution >= 0.6 is 0 Å². The van der Waals surface area contributed by atoms with Gasteiger partial charge in [-0.3, -0.25) is 4.79 Å². The van der Waals surface area contributed by atoms with Crippen LogP contribution in [-0.2, 0) is 27.8 Å². The van der Waals surface area contributed by atoms with Gasteiger partial charge >= 0.3 is 0 Å². The Labute approximate surface area is 198 Å². The molecular formula is C25H27FN4O3S. The van der Waals surface area contributed by atoms with Crippen LogP contribution in [0.4, 0.5) is 10.1 Å². The van der Waals surface area contributed by atoms with Gasteiger partial charge in [-0.05, 0) is 80.6 Å². The normalized spacial score (nSPS) is 18.9. The maximum Gasteiger partial charge on any atom is 0.243 e. The molecule has 0 radical (unpaired) electrons. The second-order valence-corrected chi connectivity index (χ2v) is 10.8. The van der Waals surface area contributed by atoms with E-state index in [0.29, 0.717) is 25.1 Å². The Morgan fingerprint density at radius 1 is 1.00 bits per heavy atom. The molecule has 0 bridgehead atoms. The van der Waals surface area contributed by atoms with Crippen molar-refractivity contribution in [2.75, 3.05) is 18.4 Å². The molecule has 1 atom stereocenters. The highest BCUT2D eigenvalue weighted by Gasteiger charge is 2.33. The quantitative estimate of drug-likeness (QED) is 0.594. The zero-order valence-electron chi connectivity index (χ0n) is 18.8. The molecule has 0 saturated carbocycles. The van der Waals surface area contributed by atoms with Gasteiger partial charge in [-0.2, -0.15) is 4.31 Å². The number of benzene rings is 2. The number of fused-ring (bicyclic) bond motifs is 1. The van der Waals surface area contributed by atoms with Gasteiger partial charge in [0.1, 0.15) is 11.6 Å². The van der Waals surface area contributed by atoms with Gasteiger partial charge in [0.25, 0.3) is 0 Å². The smallest absolute Gasteiger partial charge is 0.243 e. The fourth-order valence-electron chi connectivity index (χ4n) is 4.74. The second-order valence-electron chi connectivity index (χ2n) is 8.90. The average molecular weight is 483 g/mol. The van der Waals surface area contributed by atoms with Crippen molar-refractivity contribution < 1.29 is 17.6 Å². The molecule has 5 rings (SSSR count). The van der Waals surface area contributed by atoms with E-state index in [1.807, 2.05) is 30.5 Å². The molecule has 1 N–H and O–H groups in total. The molecule has 2 aliphatic heterocycles. The second kappa shape index (κ2) is 9.31. The minimum Gasteiger partial charge on any atom is -0.328 e. The molecule has 3 heterocycles.